The molecule has 0 bridgehead atoms. The van der Waals surface area contributed by atoms with Crippen molar-refractivity contribution in [2.75, 3.05) is 12.3 Å². The Morgan fingerprint density at radius 1 is 1.29 bits per heavy atom. The van der Waals surface area contributed by atoms with E-state index in [-0.39, 0.29) is 24.7 Å². The Balaban J connectivity index is 2.46. The number of nitrogen functional groups attached to an aromatic ring is 1. The smallest absolute Gasteiger partial charge is 0.246 e. The minimum absolute atomic E-state index is 0.0427. The summed E-state index contributed by atoms with van der Waals surface area (Å²) < 4.78 is 5.23. The Bertz CT molecular complexity index is 360. The number of benzene rings is 1. The van der Waals surface area contributed by atoms with Gasteiger partial charge in [-0.15, -0.1) is 0 Å². The largest absolute Gasteiger partial charge is 0.399 e. The molecule has 1 aromatic carbocycles. The molecule has 1 aromatic rings. The Kier molecular flexibility index (Phi) is 4.97. The van der Waals surface area contributed by atoms with Crippen molar-refractivity contribution in [2.24, 2.45) is 0 Å². The predicted molar refractivity (Wildman–Crippen MR) is 68.5 cm³/mol. The van der Waals surface area contributed by atoms with Crippen LogP contribution in [0.2, 0.25) is 0 Å². The van der Waals surface area contributed by atoms with Crippen LogP contribution in [-0.4, -0.2) is 18.6 Å². The first-order valence-corrected chi connectivity index (χ1v) is 5.75. The van der Waals surface area contributed by atoms with Crippen LogP contribution in [0.5, 0.6) is 0 Å². The molecule has 0 saturated carbocycles. The van der Waals surface area contributed by atoms with Gasteiger partial charge in [0.2, 0.25) is 5.91 Å². The van der Waals surface area contributed by atoms with Gasteiger partial charge in [0.15, 0.2) is 0 Å². The fraction of sp³-hybridized carbons (Fsp3) is 0.462. The topological polar surface area (TPSA) is 64.3 Å². The quantitative estimate of drug-likeness (QED) is 0.767. The fourth-order valence-corrected chi connectivity index (χ4v) is 1.39. The summed E-state index contributed by atoms with van der Waals surface area (Å²) in [6, 6.07) is 7.41. The van der Waals surface area contributed by atoms with Crippen molar-refractivity contribution in [3.63, 3.8) is 0 Å². The number of hydrogen-bond acceptors (Lipinski definition) is 3. The molecule has 0 aromatic heterocycles. The van der Waals surface area contributed by atoms with Crippen molar-refractivity contribution < 1.29 is 9.53 Å². The molecule has 3 N–H and O–H groups in total. The molecule has 94 valence electrons. The second-order valence-corrected chi connectivity index (χ2v) is 4.32. The Morgan fingerprint density at radius 2 is 1.88 bits per heavy atom. The highest BCUT2D eigenvalue weighted by Crippen LogP contribution is 2.13. The number of rotatable bonds is 5. The van der Waals surface area contributed by atoms with Crippen molar-refractivity contribution >= 4 is 11.6 Å². The summed E-state index contributed by atoms with van der Waals surface area (Å²) in [6.45, 7) is 5.82. The van der Waals surface area contributed by atoms with Crippen LogP contribution in [0, 0.1) is 0 Å². The maximum atomic E-state index is 11.5. The molecule has 17 heavy (non-hydrogen) atoms. The molecule has 0 spiro atoms. The number of ether oxygens (including phenoxy) is 1. The molecule has 4 heteroatoms. The normalized spacial score (nSPS) is 12.5. The minimum Gasteiger partial charge on any atom is -0.399 e. The van der Waals surface area contributed by atoms with E-state index >= 15 is 0 Å². The van der Waals surface area contributed by atoms with Gasteiger partial charge in [-0.05, 0) is 38.5 Å². The number of carbonyl (C=O) groups is 1. The number of carbonyl (C=O) groups excluding carboxylic acids is 1. The Labute approximate surface area is 102 Å². The molecule has 4 nitrogen and oxygen atoms in total. The summed E-state index contributed by atoms with van der Waals surface area (Å²) in [7, 11) is 0. The van der Waals surface area contributed by atoms with Gasteiger partial charge in [-0.2, -0.15) is 0 Å². The molecule has 0 aliphatic carbocycles. The van der Waals surface area contributed by atoms with Crippen molar-refractivity contribution in [1.82, 2.24) is 5.32 Å². The van der Waals surface area contributed by atoms with Crippen molar-refractivity contribution in [3.8, 4) is 0 Å². The summed E-state index contributed by atoms with van der Waals surface area (Å²) in [4.78, 5) is 11.5. The van der Waals surface area contributed by atoms with E-state index < -0.39 is 0 Å². The van der Waals surface area contributed by atoms with Gasteiger partial charge < -0.3 is 15.8 Å². The Hall–Kier alpha value is -1.55. The van der Waals surface area contributed by atoms with Crippen LogP contribution in [0.4, 0.5) is 5.69 Å². The molecule has 0 fully saturated rings. The maximum absolute atomic E-state index is 11.5. The zero-order chi connectivity index (χ0) is 12.8. The van der Waals surface area contributed by atoms with E-state index in [9.17, 15) is 4.79 Å². The van der Waals surface area contributed by atoms with Gasteiger partial charge in [0.25, 0.3) is 0 Å². The Morgan fingerprint density at radius 3 is 2.41 bits per heavy atom. The van der Waals surface area contributed by atoms with Crippen LogP contribution in [0.25, 0.3) is 0 Å². The first kappa shape index (κ1) is 13.5. The molecule has 1 atom stereocenters. The molecule has 0 radical (unpaired) electrons. The summed E-state index contributed by atoms with van der Waals surface area (Å²) in [6.07, 6.45) is 0.0626. The first-order valence-electron chi connectivity index (χ1n) is 5.75. The van der Waals surface area contributed by atoms with Crippen LogP contribution in [0.3, 0.4) is 0 Å². The summed E-state index contributed by atoms with van der Waals surface area (Å²) in [5.41, 5.74) is 7.34. The SMILES string of the molecule is CC(C)OCC(=O)NC(C)c1ccc(N)cc1. The van der Waals surface area contributed by atoms with E-state index in [1.54, 1.807) is 0 Å². The lowest BCUT2D eigenvalue weighted by Crippen LogP contribution is -2.31. The second-order valence-electron chi connectivity index (χ2n) is 4.32. The zero-order valence-corrected chi connectivity index (χ0v) is 10.6. The summed E-state index contributed by atoms with van der Waals surface area (Å²) in [5, 5.41) is 2.87. The molecule has 0 aliphatic heterocycles. The van der Waals surface area contributed by atoms with E-state index in [0.717, 1.165) is 11.3 Å². The molecule has 1 rings (SSSR count). The molecule has 0 aliphatic rings. The average Bonchev–Trinajstić information content (AvgIpc) is 2.27. The van der Waals surface area contributed by atoms with Crippen LogP contribution in [-0.2, 0) is 9.53 Å². The van der Waals surface area contributed by atoms with Gasteiger partial charge in [-0.25, -0.2) is 0 Å². The van der Waals surface area contributed by atoms with Crippen LogP contribution in [0.1, 0.15) is 32.4 Å². The van der Waals surface area contributed by atoms with Crippen molar-refractivity contribution in [3.05, 3.63) is 29.8 Å². The number of nitrogens with two attached hydrogens (primary N) is 1. The third-order valence-corrected chi connectivity index (χ3v) is 2.36. The highest BCUT2D eigenvalue weighted by Gasteiger charge is 2.09. The van der Waals surface area contributed by atoms with Gasteiger partial charge in [-0.3, -0.25) is 4.79 Å². The summed E-state index contributed by atoms with van der Waals surface area (Å²) >= 11 is 0. The van der Waals surface area contributed by atoms with E-state index in [4.69, 9.17) is 10.5 Å². The predicted octanol–water partition coefficient (Wildman–Crippen LogP) is 1.87. The highest BCUT2D eigenvalue weighted by molar-refractivity contribution is 5.77. The van der Waals surface area contributed by atoms with Crippen LogP contribution < -0.4 is 11.1 Å². The number of anilines is 1. The third-order valence-electron chi connectivity index (χ3n) is 2.36. The van der Waals surface area contributed by atoms with E-state index in [1.165, 1.54) is 0 Å². The monoisotopic (exact) mass is 236 g/mol. The second kappa shape index (κ2) is 6.25. The lowest BCUT2D eigenvalue weighted by atomic mass is 10.1. The lowest BCUT2D eigenvalue weighted by molar-refractivity contribution is -0.127. The van der Waals surface area contributed by atoms with Crippen molar-refractivity contribution in [1.29, 1.82) is 0 Å². The molecular formula is C13H20N2O2. The van der Waals surface area contributed by atoms with Gasteiger partial charge in [-0.1, -0.05) is 12.1 Å². The van der Waals surface area contributed by atoms with Crippen LogP contribution >= 0.6 is 0 Å². The molecule has 0 saturated heterocycles. The third kappa shape index (κ3) is 4.87. The first-order chi connectivity index (χ1) is 7.99. The van der Waals surface area contributed by atoms with E-state index in [0.29, 0.717) is 0 Å². The van der Waals surface area contributed by atoms with Crippen molar-refractivity contribution in [2.45, 2.75) is 32.9 Å². The number of nitrogens with one attached hydrogen (secondary N) is 1. The van der Waals surface area contributed by atoms with E-state index in [1.807, 2.05) is 45.0 Å². The zero-order valence-electron chi connectivity index (χ0n) is 10.6. The standard InChI is InChI=1S/C13H20N2O2/c1-9(2)17-8-13(16)15-10(3)11-4-6-12(14)7-5-11/h4-7,9-10H,8,14H2,1-3H3,(H,15,16). The van der Waals surface area contributed by atoms with Gasteiger partial charge in [0.05, 0.1) is 12.1 Å². The maximum Gasteiger partial charge on any atom is 0.246 e. The molecule has 1 amide bonds. The molecular weight excluding hydrogens is 216 g/mol. The number of hydrogen-bond donors (Lipinski definition) is 2. The number of amides is 1. The van der Waals surface area contributed by atoms with Crippen LogP contribution in [0.15, 0.2) is 24.3 Å². The molecule has 0 heterocycles. The highest BCUT2D eigenvalue weighted by atomic mass is 16.5. The summed E-state index contributed by atoms with van der Waals surface area (Å²) in [5.74, 6) is -0.108. The fourth-order valence-electron chi connectivity index (χ4n) is 1.39. The average molecular weight is 236 g/mol. The minimum atomic E-state index is -0.108. The van der Waals surface area contributed by atoms with Gasteiger partial charge in [0.1, 0.15) is 6.61 Å². The van der Waals surface area contributed by atoms with E-state index in [2.05, 4.69) is 5.32 Å². The lowest BCUT2D eigenvalue weighted by Gasteiger charge is -2.15. The van der Waals surface area contributed by atoms with Gasteiger partial charge in [0, 0.05) is 5.69 Å². The molecule has 1 unspecified atom stereocenters. The van der Waals surface area contributed by atoms with Gasteiger partial charge >= 0.3 is 0 Å².